The number of nitrogen functional groups attached to an aromatic ring is 1. The second kappa shape index (κ2) is 10.4. The Labute approximate surface area is 260 Å². The van der Waals surface area contributed by atoms with Crippen LogP contribution >= 0.6 is 0 Å². The van der Waals surface area contributed by atoms with E-state index in [1.807, 2.05) is 53.2 Å². The number of rotatable bonds is 6. The van der Waals surface area contributed by atoms with E-state index in [0.29, 0.717) is 63.5 Å². The van der Waals surface area contributed by atoms with Crippen LogP contribution in [0.25, 0.3) is 45.1 Å². The normalized spacial score (nSPS) is 14.2. The first kappa shape index (κ1) is 27.2. The van der Waals surface area contributed by atoms with Crippen molar-refractivity contribution in [3.8, 4) is 22.9 Å². The number of aromatic nitrogens is 8. The highest BCUT2D eigenvalue weighted by atomic mass is 16.2. The van der Waals surface area contributed by atoms with E-state index in [2.05, 4.69) is 26.4 Å². The highest BCUT2D eigenvalue weighted by Gasteiger charge is 2.27. The van der Waals surface area contributed by atoms with Gasteiger partial charge in [-0.1, -0.05) is 6.07 Å². The van der Waals surface area contributed by atoms with Crippen LogP contribution < -0.4 is 16.7 Å². The highest BCUT2D eigenvalue weighted by molar-refractivity contribution is 6.03. The lowest BCUT2D eigenvalue weighted by Crippen LogP contribution is -2.27. The molecule has 1 atom stereocenters. The number of fused-ring (bicyclic) bond motifs is 3. The molecule has 13 nitrogen and oxygen atoms in total. The summed E-state index contributed by atoms with van der Waals surface area (Å²) in [5.74, 6) is 1.27. The molecular formula is C33H26N10O3. The maximum atomic E-state index is 13.4. The summed E-state index contributed by atoms with van der Waals surface area (Å²) < 4.78 is 5.04. The van der Waals surface area contributed by atoms with Gasteiger partial charge in [0.2, 0.25) is 0 Å². The van der Waals surface area contributed by atoms with Gasteiger partial charge in [0.05, 0.1) is 22.6 Å². The van der Waals surface area contributed by atoms with Crippen molar-refractivity contribution in [3.05, 3.63) is 112 Å². The van der Waals surface area contributed by atoms with Gasteiger partial charge in [-0.25, -0.2) is 24.4 Å². The van der Waals surface area contributed by atoms with E-state index in [-0.39, 0.29) is 23.2 Å². The minimum Gasteiger partial charge on any atom is -0.383 e. The number of nitrogens with zero attached hydrogens (tertiary/aromatic N) is 7. The van der Waals surface area contributed by atoms with E-state index in [4.69, 9.17) is 15.7 Å². The third-order valence-electron chi connectivity index (χ3n) is 8.51. The van der Waals surface area contributed by atoms with Crippen molar-refractivity contribution in [2.75, 3.05) is 5.73 Å². The molecule has 0 fully saturated rings. The van der Waals surface area contributed by atoms with Crippen molar-refractivity contribution in [1.82, 2.24) is 44.2 Å². The Bertz CT molecular complexity index is 2400. The van der Waals surface area contributed by atoms with Crippen LogP contribution in [0.3, 0.4) is 0 Å². The average Bonchev–Trinajstić information content (AvgIpc) is 3.87. The molecule has 1 aliphatic carbocycles. The molecule has 2 aromatic carbocycles. The number of imidazole rings is 2. The number of hydrogen-bond donors (Lipinski definition) is 3. The van der Waals surface area contributed by atoms with Crippen molar-refractivity contribution < 1.29 is 9.59 Å². The number of H-pyrrole nitrogens is 1. The lowest BCUT2D eigenvalue weighted by atomic mass is 10.1. The standard InChI is InChI=1S/C33H26N10O3/c1-41-26-16-19(14-20(17-44)28(26)40-33(41)46)32(45)38-24-8-5-18-15-21(6-7-22(18)24)43-30(23-4-2-11-35-29(23)34)37-25-9-10-27(39-31(25)43)42-13-3-12-36-42/h2-4,6-7,9-17,24H,5,8H2,1H3,(H2,34,35)(H,38,45)(H,40,46)/t24-/m0/s1. The van der Waals surface area contributed by atoms with Crippen LogP contribution in [0.15, 0.2) is 84.0 Å². The Kier molecular flexibility index (Phi) is 6.13. The number of amides is 1. The lowest BCUT2D eigenvalue weighted by molar-refractivity contribution is 0.0937. The molecule has 7 aromatic rings. The van der Waals surface area contributed by atoms with E-state index in [9.17, 15) is 14.4 Å². The fraction of sp³-hybridized carbons (Fsp3) is 0.121. The second-order valence-electron chi connectivity index (χ2n) is 11.2. The molecule has 1 aliphatic rings. The Morgan fingerprint density at radius 2 is 1.98 bits per heavy atom. The van der Waals surface area contributed by atoms with E-state index in [0.717, 1.165) is 23.2 Å². The number of aryl methyl sites for hydroxylation is 2. The third kappa shape index (κ3) is 4.28. The lowest BCUT2D eigenvalue weighted by Gasteiger charge is -2.16. The van der Waals surface area contributed by atoms with Gasteiger partial charge in [-0.15, -0.1) is 0 Å². The molecule has 4 N–H and O–H groups in total. The van der Waals surface area contributed by atoms with Crippen LogP contribution in [0, 0.1) is 0 Å². The fourth-order valence-electron chi connectivity index (χ4n) is 6.22. The van der Waals surface area contributed by atoms with Crippen molar-refractivity contribution in [3.63, 3.8) is 0 Å². The van der Waals surface area contributed by atoms with Gasteiger partial charge in [0.1, 0.15) is 11.3 Å². The molecule has 0 bridgehead atoms. The van der Waals surface area contributed by atoms with Crippen molar-refractivity contribution in [2.45, 2.75) is 18.9 Å². The first-order valence-electron chi connectivity index (χ1n) is 14.6. The summed E-state index contributed by atoms with van der Waals surface area (Å²) in [4.78, 5) is 54.1. The topological polar surface area (TPSA) is 171 Å². The Morgan fingerprint density at radius 3 is 2.78 bits per heavy atom. The van der Waals surface area contributed by atoms with Gasteiger partial charge in [-0.2, -0.15) is 5.10 Å². The van der Waals surface area contributed by atoms with Crippen LogP contribution in [-0.4, -0.2) is 51.0 Å². The number of aldehydes is 1. The summed E-state index contributed by atoms with van der Waals surface area (Å²) >= 11 is 0. The SMILES string of the molecule is Cn1c(=O)[nH]c2c(C=O)cc(C(=O)N[C@H]3CCc4cc(-n5c(-c6cccnc6N)nc6ccc(-n7cccn7)nc65)ccc43)cc21. The molecular weight excluding hydrogens is 584 g/mol. The van der Waals surface area contributed by atoms with E-state index >= 15 is 0 Å². The van der Waals surface area contributed by atoms with Crippen LogP contribution in [0.5, 0.6) is 0 Å². The minimum atomic E-state index is -0.357. The number of carbonyl (C=O) groups is 2. The minimum absolute atomic E-state index is 0.237. The predicted octanol–water partition coefficient (Wildman–Crippen LogP) is 3.66. The van der Waals surface area contributed by atoms with Gasteiger partial charge in [0, 0.05) is 42.5 Å². The number of nitrogens with two attached hydrogens (primary N) is 1. The number of hydrogen-bond acceptors (Lipinski definition) is 8. The summed E-state index contributed by atoms with van der Waals surface area (Å²) in [6, 6.07) is 18.3. The highest BCUT2D eigenvalue weighted by Crippen LogP contribution is 2.36. The number of carbonyl (C=O) groups excluding carboxylic acids is 2. The van der Waals surface area contributed by atoms with Crippen LogP contribution in [0.1, 0.15) is 44.3 Å². The summed E-state index contributed by atoms with van der Waals surface area (Å²) in [5, 5.41) is 7.46. The maximum Gasteiger partial charge on any atom is 0.326 e. The molecule has 0 unspecified atom stereocenters. The zero-order chi connectivity index (χ0) is 31.5. The molecule has 0 aliphatic heterocycles. The predicted molar refractivity (Wildman–Crippen MR) is 171 cm³/mol. The molecule has 226 valence electrons. The first-order chi connectivity index (χ1) is 22.4. The molecule has 0 spiro atoms. The Balaban J connectivity index is 1.18. The van der Waals surface area contributed by atoms with Crippen molar-refractivity contribution >= 4 is 40.2 Å². The molecule has 8 rings (SSSR count). The Hall–Kier alpha value is -6.37. The molecule has 1 amide bonds. The summed E-state index contributed by atoms with van der Waals surface area (Å²) in [7, 11) is 1.59. The van der Waals surface area contributed by atoms with E-state index < -0.39 is 0 Å². The molecule has 0 saturated heterocycles. The van der Waals surface area contributed by atoms with Gasteiger partial charge in [0.15, 0.2) is 23.6 Å². The molecule has 5 aromatic heterocycles. The molecule has 0 radical (unpaired) electrons. The first-order valence-corrected chi connectivity index (χ1v) is 14.6. The van der Waals surface area contributed by atoms with Crippen LogP contribution in [-0.2, 0) is 13.5 Å². The number of nitrogens with one attached hydrogen (secondary N) is 2. The van der Waals surface area contributed by atoms with Crippen molar-refractivity contribution in [1.29, 1.82) is 0 Å². The second-order valence-corrected chi connectivity index (χ2v) is 11.2. The van der Waals surface area contributed by atoms with Crippen LogP contribution in [0.4, 0.5) is 5.82 Å². The van der Waals surface area contributed by atoms with E-state index in [1.165, 1.54) is 10.6 Å². The summed E-state index contributed by atoms with van der Waals surface area (Å²) in [6.45, 7) is 0. The zero-order valence-corrected chi connectivity index (χ0v) is 24.5. The fourth-order valence-corrected chi connectivity index (χ4v) is 6.22. The van der Waals surface area contributed by atoms with Crippen molar-refractivity contribution in [2.24, 2.45) is 7.05 Å². The van der Waals surface area contributed by atoms with E-state index in [1.54, 1.807) is 30.2 Å². The molecule has 0 saturated carbocycles. The smallest absolute Gasteiger partial charge is 0.326 e. The van der Waals surface area contributed by atoms with Gasteiger partial charge in [-0.05, 0) is 78.6 Å². The summed E-state index contributed by atoms with van der Waals surface area (Å²) in [5.41, 5.74) is 12.3. The molecule has 13 heteroatoms. The zero-order valence-electron chi connectivity index (χ0n) is 24.5. The van der Waals surface area contributed by atoms with Crippen LogP contribution in [0.2, 0.25) is 0 Å². The van der Waals surface area contributed by atoms with Gasteiger partial charge < -0.3 is 16.0 Å². The number of pyridine rings is 2. The largest absolute Gasteiger partial charge is 0.383 e. The van der Waals surface area contributed by atoms with Gasteiger partial charge >= 0.3 is 5.69 Å². The number of anilines is 1. The maximum absolute atomic E-state index is 13.4. The van der Waals surface area contributed by atoms with Gasteiger partial charge in [-0.3, -0.25) is 18.7 Å². The quantitative estimate of drug-likeness (QED) is 0.239. The molecule has 5 heterocycles. The average molecular weight is 611 g/mol. The monoisotopic (exact) mass is 610 g/mol. The Morgan fingerprint density at radius 1 is 1.09 bits per heavy atom. The van der Waals surface area contributed by atoms with Gasteiger partial charge in [0.25, 0.3) is 5.91 Å². The summed E-state index contributed by atoms with van der Waals surface area (Å²) in [6.07, 6.45) is 7.24. The molecule has 46 heavy (non-hydrogen) atoms. The number of aromatic amines is 1. The number of benzene rings is 2. The third-order valence-corrected chi connectivity index (χ3v) is 8.51.